The van der Waals surface area contributed by atoms with E-state index in [1.807, 2.05) is 0 Å². The van der Waals surface area contributed by atoms with E-state index in [0.29, 0.717) is 6.04 Å². The van der Waals surface area contributed by atoms with E-state index in [-0.39, 0.29) is 0 Å². The van der Waals surface area contributed by atoms with Crippen LogP contribution in [0.5, 0.6) is 0 Å². The standard InChI is InChI=1S/C4H8BrN/c5-2-3-1-4(3)6/h3-4H,1-2,6H2/t3-,4-/m0/s1. The molecule has 0 aromatic rings. The SMILES string of the molecule is N[C@H]1C[C@H]1CBr. The summed E-state index contributed by atoms with van der Waals surface area (Å²) in [5.74, 6) is 0.796. The molecule has 1 aliphatic carbocycles. The molecule has 0 spiro atoms. The Morgan fingerprint density at radius 2 is 2.33 bits per heavy atom. The Hall–Kier alpha value is 0.440. The first-order chi connectivity index (χ1) is 2.84. The smallest absolute Gasteiger partial charge is 0.00792 e. The van der Waals surface area contributed by atoms with Gasteiger partial charge in [-0.05, 0) is 12.3 Å². The quantitative estimate of drug-likeness (QED) is 0.548. The first-order valence-corrected chi connectivity index (χ1v) is 3.28. The minimum atomic E-state index is 0.518. The Morgan fingerprint density at radius 3 is 2.33 bits per heavy atom. The van der Waals surface area contributed by atoms with Gasteiger partial charge in [0.1, 0.15) is 0 Å². The zero-order valence-corrected chi connectivity index (χ0v) is 5.11. The predicted molar refractivity (Wildman–Crippen MR) is 29.9 cm³/mol. The molecule has 2 atom stereocenters. The highest BCUT2D eigenvalue weighted by Crippen LogP contribution is 2.28. The molecule has 0 radical (unpaired) electrons. The fourth-order valence-electron chi connectivity index (χ4n) is 0.448. The summed E-state index contributed by atoms with van der Waals surface area (Å²) < 4.78 is 0. The molecule has 6 heavy (non-hydrogen) atoms. The fourth-order valence-corrected chi connectivity index (χ4v) is 1.19. The lowest BCUT2D eigenvalue weighted by Gasteiger charge is -1.78. The van der Waals surface area contributed by atoms with Gasteiger partial charge >= 0.3 is 0 Å². The van der Waals surface area contributed by atoms with Crippen molar-refractivity contribution in [2.24, 2.45) is 11.7 Å². The maximum atomic E-state index is 5.45. The number of rotatable bonds is 1. The van der Waals surface area contributed by atoms with Crippen molar-refractivity contribution in [2.75, 3.05) is 5.33 Å². The van der Waals surface area contributed by atoms with Gasteiger partial charge in [0.15, 0.2) is 0 Å². The van der Waals surface area contributed by atoms with E-state index in [1.165, 1.54) is 6.42 Å². The summed E-state index contributed by atoms with van der Waals surface area (Å²) in [5, 5.41) is 1.09. The third-order valence-electron chi connectivity index (χ3n) is 1.18. The van der Waals surface area contributed by atoms with Gasteiger partial charge in [-0.15, -0.1) is 0 Å². The van der Waals surface area contributed by atoms with Gasteiger partial charge < -0.3 is 5.73 Å². The Morgan fingerprint density at radius 1 is 1.83 bits per heavy atom. The summed E-state index contributed by atoms with van der Waals surface area (Å²) in [5.41, 5.74) is 5.45. The number of hydrogen-bond donors (Lipinski definition) is 1. The minimum Gasteiger partial charge on any atom is -0.327 e. The first-order valence-electron chi connectivity index (χ1n) is 2.16. The van der Waals surface area contributed by atoms with E-state index in [0.717, 1.165) is 11.2 Å². The molecule has 1 fully saturated rings. The van der Waals surface area contributed by atoms with Gasteiger partial charge in [-0.25, -0.2) is 0 Å². The van der Waals surface area contributed by atoms with E-state index in [2.05, 4.69) is 15.9 Å². The van der Waals surface area contributed by atoms with Crippen LogP contribution in [0.25, 0.3) is 0 Å². The molecule has 2 heteroatoms. The maximum Gasteiger partial charge on any atom is 0.00792 e. The minimum absolute atomic E-state index is 0.518. The van der Waals surface area contributed by atoms with Gasteiger partial charge in [-0.2, -0.15) is 0 Å². The Labute approximate surface area is 46.0 Å². The van der Waals surface area contributed by atoms with E-state index in [9.17, 15) is 0 Å². The van der Waals surface area contributed by atoms with Crippen LogP contribution in [0, 0.1) is 5.92 Å². The Bertz CT molecular complexity index is 53.5. The summed E-state index contributed by atoms with van der Waals surface area (Å²) >= 11 is 3.34. The van der Waals surface area contributed by atoms with Crippen molar-refractivity contribution in [1.82, 2.24) is 0 Å². The van der Waals surface area contributed by atoms with Crippen LogP contribution < -0.4 is 5.73 Å². The highest BCUT2D eigenvalue weighted by Gasteiger charge is 2.31. The van der Waals surface area contributed by atoms with Gasteiger partial charge in [-0.1, -0.05) is 15.9 Å². The van der Waals surface area contributed by atoms with Crippen molar-refractivity contribution < 1.29 is 0 Å². The average Bonchev–Trinajstić information content (AvgIpc) is 2.19. The molecule has 0 bridgehead atoms. The van der Waals surface area contributed by atoms with Gasteiger partial charge in [0.2, 0.25) is 0 Å². The second-order valence-corrected chi connectivity index (χ2v) is 2.46. The lowest BCUT2D eigenvalue weighted by molar-refractivity contribution is 0.914. The number of alkyl halides is 1. The fraction of sp³-hybridized carbons (Fsp3) is 1.00. The van der Waals surface area contributed by atoms with Crippen molar-refractivity contribution in [1.29, 1.82) is 0 Å². The maximum absolute atomic E-state index is 5.45. The van der Waals surface area contributed by atoms with Gasteiger partial charge in [0, 0.05) is 11.4 Å². The molecule has 0 unspecified atom stereocenters. The summed E-state index contributed by atoms with van der Waals surface area (Å²) in [4.78, 5) is 0. The van der Waals surface area contributed by atoms with Crippen molar-refractivity contribution in [3.8, 4) is 0 Å². The van der Waals surface area contributed by atoms with Crippen molar-refractivity contribution in [3.05, 3.63) is 0 Å². The molecular weight excluding hydrogens is 142 g/mol. The van der Waals surface area contributed by atoms with E-state index >= 15 is 0 Å². The van der Waals surface area contributed by atoms with Crippen LogP contribution in [0.3, 0.4) is 0 Å². The largest absolute Gasteiger partial charge is 0.327 e. The van der Waals surface area contributed by atoms with Crippen LogP contribution in [0.15, 0.2) is 0 Å². The second kappa shape index (κ2) is 1.51. The Kier molecular flexibility index (Phi) is 1.15. The lowest BCUT2D eigenvalue weighted by Crippen LogP contribution is -2.01. The number of nitrogens with two attached hydrogens (primary N) is 1. The number of halogens is 1. The molecule has 0 saturated heterocycles. The molecule has 1 aliphatic rings. The van der Waals surface area contributed by atoms with Gasteiger partial charge in [-0.3, -0.25) is 0 Å². The van der Waals surface area contributed by atoms with Gasteiger partial charge in [0.05, 0.1) is 0 Å². The third kappa shape index (κ3) is 0.738. The molecule has 2 N–H and O–H groups in total. The van der Waals surface area contributed by atoms with Crippen molar-refractivity contribution in [2.45, 2.75) is 12.5 Å². The molecule has 0 aromatic carbocycles. The van der Waals surface area contributed by atoms with Crippen LogP contribution in [0.2, 0.25) is 0 Å². The molecule has 1 saturated carbocycles. The number of hydrogen-bond acceptors (Lipinski definition) is 1. The van der Waals surface area contributed by atoms with Crippen molar-refractivity contribution >= 4 is 15.9 Å². The van der Waals surface area contributed by atoms with Gasteiger partial charge in [0.25, 0.3) is 0 Å². The topological polar surface area (TPSA) is 26.0 Å². The zero-order valence-electron chi connectivity index (χ0n) is 3.52. The third-order valence-corrected chi connectivity index (χ3v) is 2.01. The van der Waals surface area contributed by atoms with E-state index < -0.39 is 0 Å². The molecule has 0 aliphatic heterocycles. The molecule has 0 amide bonds. The summed E-state index contributed by atoms with van der Waals surface area (Å²) in [6.07, 6.45) is 1.23. The van der Waals surface area contributed by atoms with E-state index in [4.69, 9.17) is 5.73 Å². The molecule has 0 heterocycles. The average molecular weight is 150 g/mol. The van der Waals surface area contributed by atoms with Crippen LogP contribution in [0.1, 0.15) is 6.42 Å². The van der Waals surface area contributed by atoms with Crippen molar-refractivity contribution in [3.63, 3.8) is 0 Å². The molecule has 36 valence electrons. The Balaban J connectivity index is 2.09. The summed E-state index contributed by atoms with van der Waals surface area (Å²) in [6, 6.07) is 0.518. The van der Waals surface area contributed by atoms with Crippen LogP contribution in [-0.4, -0.2) is 11.4 Å². The molecular formula is C4H8BrN. The monoisotopic (exact) mass is 149 g/mol. The molecule has 1 nitrogen and oxygen atoms in total. The highest BCUT2D eigenvalue weighted by atomic mass is 79.9. The lowest BCUT2D eigenvalue weighted by atomic mass is 10.5. The predicted octanol–water partition coefficient (Wildman–Crippen LogP) is 0.728. The summed E-state index contributed by atoms with van der Waals surface area (Å²) in [7, 11) is 0. The summed E-state index contributed by atoms with van der Waals surface area (Å²) in [6.45, 7) is 0. The first kappa shape index (κ1) is 4.60. The van der Waals surface area contributed by atoms with E-state index in [1.54, 1.807) is 0 Å². The van der Waals surface area contributed by atoms with Crippen LogP contribution >= 0.6 is 15.9 Å². The highest BCUT2D eigenvalue weighted by molar-refractivity contribution is 9.09. The zero-order chi connectivity index (χ0) is 4.57. The normalized spacial score (nSPS) is 43.0. The van der Waals surface area contributed by atoms with Crippen LogP contribution in [0.4, 0.5) is 0 Å². The van der Waals surface area contributed by atoms with Crippen LogP contribution in [-0.2, 0) is 0 Å². The molecule has 0 aromatic heterocycles. The second-order valence-electron chi connectivity index (χ2n) is 1.81. The molecule has 1 rings (SSSR count).